The van der Waals surface area contributed by atoms with Gasteiger partial charge in [0.1, 0.15) is 23.1 Å². The quantitative estimate of drug-likeness (QED) is 0.424. The van der Waals surface area contributed by atoms with Gasteiger partial charge in [0.25, 0.3) is 5.91 Å². The van der Waals surface area contributed by atoms with Crippen LogP contribution in [0.2, 0.25) is 0 Å². The molecule has 3 rings (SSSR count). The largest absolute Gasteiger partial charge is 0.504 e. The summed E-state index contributed by atoms with van der Waals surface area (Å²) in [4.78, 5) is 12.5. The van der Waals surface area contributed by atoms with E-state index < -0.39 is 5.91 Å². The van der Waals surface area contributed by atoms with E-state index in [4.69, 9.17) is 9.47 Å². The molecule has 0 saturated carbocycles. The molecule has 0 radical (unpaired) electrons. The van der Waals surface area contributed by atoms with Crippen molar-refractivity contribution in [3.63, 3.8) is 0 Å². The van der Waals surface area contributed by atoms with Crippen LogP contribution in [0.1, 0.15) is 12.5 Å². The third kappa shape index (κ3) is 5.40. The molecule has 3 aromatic rings. The van der Waals surface area contributed by atoms with E-state index in [0.29, 0.717) is 29.4 Å². The number of nitriles is 1. The van der Waals surface area contributed by atoms with Crippen LogP contribution in [-0.2, 0) is 4.79 Å². The molecule has 0 aromatic heterocycles. The lowest BCUT2D eigenvalue weighted by Crippen LogP contribution is -2.13. The molecule has 1 amide bonds. The molecule has 0 fully saturated rings. The van der Waals surface area contributed by atoms with E-state index in [-0.39, 0.29) is 17.1 Å². The number of nitrogens with one attached hydrogen (secondary N) is 1. The van der Waals surface area contributed by atoms with Crippen molar-refractivity contribution < 1.29 is 19.4 Å². The molecule has 150 valence electrons. The highest BCUT2D eigenvalue weighted by Gasteiger charge is 2.11. The van der Waals surface area contributed by atoms with E-state index in [2.05, 4.69) is 5.32 Å². The fourth-order valence-corrected chi connectivity index (χ4v) is 2.64. The normalized spacial score (nSPS) is 10.7. The number of benzene rings is 3. The number of aromatic hydroxyl groups is 1. The van der Waals surface area contributed by atoms with Crippen molar-refractivity contribution in [3.8, 4) is 29.1 Å². The number of carbonyl (C=O) groups excluding carboxylic acids is 1. The Morgan fingerprint density at radius 3 is 2.43 bits per heavy atom. The number of amides is 1. The summed E-state index contributed by atoms with van der Waals surface area (Å²) in [5.41, 5.74) is 1.02. The summed E-state index contributed by atoms with van der Waals surface area (Å²) in [5, 5.41) is 21.9. The lowest BCUT2D eigenvalue weighted by Gasteiger charge is -2.08. The Labute approximate surface area is 174 Å². The van der Waals surface area contributed by atoms with Crippen LogP contribution in [0.4, 0.5) is 5.69 Å². The van der Waals surface area contributed by atoms with Gasteiger partial charge < -0.3 is 19.9 Å². The number of nitrogens with zero attached hydrogens (tertiary/aromatic N) is 1. The zero-order valence-electron chi connectivity index (χ0n) is 16.3. The Balaban J connectivity index is 1.70. The van der Waals surface area contributed by atoms with Crippen molar-refractivity contribution >= 4 is 17.7 Å². The van der Waals surface area contributed by atoms with Gasteiger partial charge in [-0.1, -0.05) is 24.3 Å². The highest BCUT2D eigenvalue weighted by molar-refractivity contribution is 6.09. The first kappa shape index (κ1) is 20.5. The molecule has 0 spiro atoms. The van der Waals surface area contributed by atoms with Crippen LogP contribution in [0, 0.1) is 11.3 Å². The van der Waals surface area contributed by atoms with Gasteiger partial charge in [0.05, 0.1) is 6.61 Å². The van der Waals surface area contributed by atoms with Gasteiger partial charge in [0.15, 0.2) is 11.5 Å². The number of phenols is 1. The molecule has 0 bridgehead atoms. The minimum Gasteiger partial charge on any atom is -0.504 e. The van der Waals surface area contributed by atoms with Gasteiger partial charge in [-0.25, -0.2) is 0 Å². The summed E-state index contributed by atoms with van der Waals surface area (Å²) >= 11 is 0. The van der Waals surface area contributed by atoms with Crippen molar-refractivity contribution in [2.24, 2.45) is 0 Å². The maximum absolute atomic E-state index is 12.5. The predicted molar refractivity (Wildman–Crippen MR) is 114 cm³/mol. The van der Waals surface area contributed by atoms with E-state index in [1.807, 2.05) is 36.4 Å². The first-order valence-corrected chi connectivity index (χ1v) is 9.31. The third-order valence-corrected chi connectivity index (χ3v) is 4.05. The molecule has 6 heteroatoms. The van der Waals surface area contributed by atoms with Crippen molar-refractivity contribution in [2.45, 2.75) is 6.92 Å². The molecule has 0 heterocycles. The summed E-state index contributed by atoms with van der Waals surface area (Å²) in [7, 11) is 0. The predicted octanol–water partition coefficient (Wildman–Crippen LogP) is 5.13. The molecule has 0 atom stereocenters. The van der Waals surface area contributed by atoms with Crippen LogP contribution in [-0.4, -0.2) is 17.6 Å². The van der Waals surface area contributed by atoms with Gasteiger partial charge in [-0.05, 0) is 67.1 Å². The number of carbonyl (C=O) groups is 1. The number of para-hydroxylation sites is 1. The summed E-state index contributed by atoms with van der Waals surface area (Å²) in [6, 6.07) is 22.7. The summed E-state index contributed by atoms with van der Waals surface area (Å²) in [6.45, 7) is 2.18. The van der Waals surface area contributed by atoms with Crippen LogP contribution < -0.4 is 14.8 Å². The number of ether oxygens (including phenoxy) is 2. The first-order valence-electron chi connectivity index (χ1n) is 9.31. The minimum atomic E-state index is -0.541. The monoisotopic (exact) mass is 400 g/mol. The molecule has 6 nitrogen and oxygen atoms in total. The average Bonchev–Trinajstić information content (AvgIpc) is 2.76. The van der Waals surface area contributed by atoms with E-state index in [9.17, 15) is 15.2 Å². The number of hydrogen-bond acceptors (Lipinski definition) is 5. The van der Waals surface area contributed by atoms with Crippen molar-refractivity contribution in [2.75, 3.05) is 11.9 Å². The molecular formula is C24H20N2O4. The van der Waals surface area contributed by atoms with E-state index in [0.717, 1.165) is 0 Å². The number of rotatable bonds is 7. The number of hydrogen-bond donors (Lipinski definition) is 2. The van der Waals surface area contributed by atoms with Gasteiger partial charge in [-0.3, -0.25) is 4.79 Å². The molecule has 0 aliphatic carbocycles. The zero-order chi connectivity index (χ0) is 21.3. The lowest BCUT2D eigenvalue weighted by molar-refractivity contribution is -0.112. The maximum Gasteiger partial charge on any atom is 0.266 e. The van der Waals surface area contributed by atoms with Crippen LogP contribution >= 0.6 is 0 Å². The average molecular weight is 400 g/mol. The molecule has 2 N–H and O–H groups in total. The van der Waals surface area contributed by atoms with Crippen LogP contribution in [0.3, 0.4) is 0 Å². The van der Waals surface area contributed by atoms with Gasteiger partial charge in [-0.15, -0.1) is 0 Å². The first-order chi connectivity index (χ1) is 14.6. The van der Waals surface area contributed by atoms with Crippen LogP contribution in [0.25, 0.3) is 6.08 Å². The molecule has 3 aromatic carbocycles. The fourth-order valence-electron chi connectivity index (χ4n) is 2.64. The highest BCUT2D eigenvalue weighted by Crippen LogP contribution is 2.28. The van der Waals surface area contributed by atoms with Crippen molar-refractivity contribution in [1.82, 2.24) is 0 Å². The van der Waals surface area contributed by atoms with Gasteiger partial charge in [0.2, 0.25) is 0 Å². The van der Waals surface area contributed by atoms with Gasteiger partial charge >= 0.3 is 0 Å². The zero-order valence-corrected chi connectivity index (χ0v) is 16.3. The van der Waals surface area contributed by atoms with Crippen molar-refractivity contribution in [1.29, 1.82) is 5.26 Å². The molecule has 0 unspecified atom stereocenters. The molecule has 0 aliphatic rings. The summed E-state index contributed by atoms with van der Waals surface area (Å²) < 4.78 is 11.0. The Kier molecular flexibility index (Phi) is 6.70. The summed E-state index contributed by atoms with van der Waals surface area (Å²) in [6.07, 6.45) is 1.43. The SMILES string of the molecule is CCOc1cc(/C=C(\C#N)C(=O)Nc2ccc(Oc3ccccc3)cc2)ccc1O. The lowest BCUT2D eigenvalue weighted by atomic mass is 10.1. The molecular weight excluding hydrogens is 380 g/mol. The van der Waals surface area contributed by atoms with Gasteiger partial charge in [-0.2, -0.15) is 5.26 Å². The molecule has 0 aliphatic heterocycles. The van der Waals surface area contributed by atoms with E-state index in [1.165, 1.54) is 12.1 Å². The standard InChI is InChI=1S/C24H20N2O4/c1-2-29-23-15-17(8-13-22(23)27)14-18(16-25)24(28)26-19-9-11-21(12-10-19)30-20-6-4-3-5-7-20/h3-15,27H,2H2,1H3,(H,26,28)/b18-14+. The fraction of sp³-hybridized carbons (Fsp3) is 0.0833. The Morgan fingerprint density at radius 1 is 1.07 bits per heavy atom. The van der Waals surface area contributed by atoms with E-state index in [1.54, 1.807) is 43.3 Å². The van der Waals surface area contributed by atoms with Gasteiger partial charge in [0, 0.05) is 5.69 Å². The van der Waals surface area contributed by atoms with E-state index >= 15 is 0 Å². The molecule has 30 heavy (non-hydrogen) atoms. The van der Waals surface area contributed by atoms with Crippen LogP contribution in [0.5, 0.6) is 23.0 Å². The number of phenolic OH excluding ortho intramolecular Hbond substituents is 1. The highest BCUT2D eigenvalue weighted by atomic mass is 16.5. The van der Waals surface area contributed by atoms with Crippen molar-refractivity contribution in [3.05, 3.63) is 83.9 Å². The Morgan fingerprint density at radius 2 is 1.77 bits per heavy atom. The minimum absolute atomic E-state index is 0.00484. The van der Waals surface area contributed by atoms with Crippen LogP contribution in [0.15, 0.2) is 78.4 Å². The smallest absolute Gasteiger partial charge is 0.266 e. The Bertz CT molecular complexity index is 1080. The second kappa shape index (κ2) is 9.80. The summed E-state index contributed by atoms with van der Waals surface area (Å²) in [5.74, 6) is 1.08. The Hall–Kier alpha value is -4.24. The maximum atomic E-state index is 12.5. The topological polar surface area (TPSA) is 91.6 Å². The third-order valence-electron chi connectivity index (χ3n) is 4.05. The second-order valence-corrected chi connectivity index (χ2v) is 6.22. The number of anilines is 1. The molecule has 0 saturated heterocycles. The second-order valence-electron chi connectivity index (χ2n) is 6.22.